The lowest BCUT2D eigenvalue weighted by Crippen LogP contribution is -2.49. The second kappa shape index (κ2) is 9.40. The minimum atomic E-state index is -5.08. The van der Waals surface area contributed by atoms with Crippen molar-refractivity contribution in [3.05, 3.63) is 0 Å². The largest absolute Gasteiger partial charge is 0.444 e. The molecule has 0 aromatic heterocycles. The van der Waals surface area contributed by atoms with Crippen molar-refractivity contribution < 1.29 is 41.1 Å². The molecule has 0 aliphatic carbocycles. The van der Waals surface area contributed by atoms with Crippen LogP contribution in [0.2, 0.25) is 0 Å². The number of hydrogen-bond donors (Lipinski definition) is 2. The first-order valence-corrected chi connectivity index (χ1v) is 9.08. The molecule has 0 aliphatic rings. The van der Waals surface area contributed by atoms with E-state index in [0.717, 1.165) is 0 Å². The van der Waals surface area contributed by atoms with Gasteiger partial charge in [0.25, 0.3) is 0 Å². The average molecular weight is 392 g/mol. The summed E-state index contributed by atoms with van der Waals surface area (Å²) in [6.45, 7) is 5.98. The fourth-order valence-corrected chi connectivity index (χ4v) is 3.31. The Hall–Kier alpha value is -1.32. The minimum absolute atomic E-state index is 0.310. The van der Waals surface area contributed by atoms with E-state index < -0.39 is 43.7 Å². The molecule has 148 valence electrons. The highest BCUT2D eigenvalue weighted by Crippen LogP contribution is 2.56. The lowest BCUT2D eigenvalue weighted by atomic mass is 10.2. The summed E-state index contributed by atoms with van der Waals surface area (Å²) < 4.78 is 66.0. The number of rotatable bonds is 8. The van der Waals surface area contributed by atoms with Gasteiger partial charge in [-0.25, -0.2) is 4.79 Å². The average Bonchev–Trinajstić information content (AvgIpc) is 2.40. The molecule has 8 nitrogen and oxygen atoms in total. The monoisotopic (exact) mass is 392 g/mol. The Balaban J connectivity index is 5.02. The molecule has 0 saturated carbocycles. The summed E-state index contributed by atoms with van der Waals surface area (Å²) in [5, 5.41) is 3.54. The third-order valence-electron chi connectivity index (χ3n) is 2.33. The lowest BCUT2D eigenvalue weighted by molar-refractivity contribution is -0.149. The maximum Gasteiger partial charge on any atom is 0.420 e. The minimum Gasteiger partial charge on any atom is -0.444 e. The van der Waals surface area contributed by atoms with E-state index in [-0.39, 0.29) is 13.2 Å². The summed E-state index contributed by atoms with van der Waals surface area (Å²) in [6.07, 6.45) is -6.06. The third-order valence-corrected chi connectivity index (χ3v) is 4.62. The maximum atomic E-state index is 13.2. The summed E-state index contributed by atoms with van der Waals surface area (Å²) in [7, 11) is -4.69. The molecule has 0 radical (unpaired) electrons. The van der Waals surface area contributed by atoms with Crippen LogP contribution < -0.4 is 10.6 Å². The van der Waals surface area contributed by atoms with Gasteiger partial charge in [0.1, 0.15) is 12.1 Å². The molecule has 0 spiro atoms. The number of ether oxygens (including phenoxy) is 1. The zero-order valence-electron chi connectivity index (χ0n) is 14.7. The second-order valence-electron chi connectivity index (χ2n) is 5.74. The van der Waals surface area contributed by atoms with Gasteiger partial charge in [-0.05, 0) is 34.6 Å². The van der Waals surface area contributed by atoms with Gasteiger partial charge < -0.3 is 24.4 Å². The zero-order chi connectivity index (χ0) is 19.9. The molecule has 1 atom stereocenters. The zero-order valence-corrected chi connectivity index (χ0v) is 15.6. The molecule has 0 aromatic carbocycles. The predicted molar refractivity (Wildman–Crippen MR) is 83.1 cm³/mol. The van der Waals surface area contributed by atoms with Gasteiger partial charge in [0.05, 0.1) is 13.2 Å². The van der Waals surface area contributed by atoms with E-state index in [9.17, 15) is 27.3 Å². The molecule has 2 N–H and O–H groups in total. The lowest BCUT2D eigenvalue weighted by Gasteiger charge is -2.28. The van der Waals surface area contributed by atoms with Crippen LogP contribution in [0.1, 0.15) is 34.6 Å². The van der Waals surface area contributed by atoms with Crippen molar-refractivity contribution >= 4 is 19.6 Å². The topological polar surface area (TPSA) is 103 Å². The molecule has 25 heavy (non-hydrogen) atoms. The Morgan fingerprint density at radius 3 is 1.92 bits per heavy atom. The highest BCUT2D eigenvalue weighted by Gasteiger charge is 2.54. The van der Waals surface area contributed by atoms with E-state index in [1.54, 1.807) is 20.8 Å². The van der Waals surface area contributed by atoms with Gasteiger partial charge in [-0.1, -0.05) is 0 Å². The van der Waals surface area contributed by atoms with Gasteiger partial charge in [-0.2, -0.15) is 13.2 Å². The van der Waals surface area contributed by atoms with Crippen molar-refractivity contribution in [3.8, 4) is 0 Å². The van der Waals surface area contributed by atoms with Gasteiger partial charge in [-0.15, -0.1) is 0 Å². The van der Waals surface area contributed by atoms with Crippen LogP contribution in [0.3, 0.4) is 0 Å². The molecular weight excluding hydrogens is 368 g/mol. The molecule has 0 saturated heterocycles. The normalized spacial score (nSPS) is 13.9. The molecular formula is C13H24F3N2O6P. The predicted octanol–water partition coefficient (Wildman–Crippen LogP) is 2.78. The van der Waals surface area contributed by atoms with Crippen LogP contribution in [-0.4, -0.2) is 49.3 Å². The number of nitrogens with one attached hydrogen (secondary N) is 2. The molecule has 0 rings (SSSR count). The molecule has 1 unspecified atom stereocenters. The Bertz CT molecular complexity index is 497. The van der Waals surface area contributed by atoms with Gasteiger partial charge in [0.2, 0.25) is 11.7 Å². The van der Waals surface area contributed by atoms with E-state index in [2.05, 4.69) is 9.05 Å². The van der Waals surface area contributed by atoms with Crippen molar-refractivity contribution in [2.24, 2.45) is 0 Å². The summed E-state index contributed by atoms with van der Waals surface area (Å²) in [4.78, 5) is 23.1. The first-order valence-electron chi connectivity index (χ1n) is 7.47. The summed E-state index contributed by atoms with van der Waals surface area (Å²) in [5.41, 5.74) is -0.839. The van der Waals surface area contributed by atoms with Crippen molar-refractivity contribution in [1.82, 2.24) is 10.6 Å². The number of alkyl halides is 3. The standard InChI is InChI=1S/C13H24F3N2O6P/c1-6-22-25(21,23-7-2)10(13(14,15)16)18-9(19)8-17-11(20)24-12(3,4)5/h10H,6-8H2,1-5H3,(H,17,20)(H,18,19). The first kappa shape index (κ1) is 23.7. The molecule has 0 heterocycles. The quantitative estimate of drug-likeness (QED) is 0.616. The van der Waals surface area contributed by atoms with E-state index in [1.165, 1.54) is 19.2 Å². The fourth-order valence-electron chi connectivity index (χ4n) is 1.56. The van der Waals surface area contributed by atoms with Crippen LogP contribution in [0, 0.1) is 0 Å². The Morgan fingerprint density at radius 2 is 1.56 bits per heavy atom. The highest BCUT2D eigenvalue weighted by atomic mass is 31.2. The Labute approximate surface area is 144 Å². The van der Waals surface area contributed by atoms with Crippen LogP contribution >= 0.6 is 7.60 Å². The van der Waals surface area contributed by atoms with Crippen molar-refractivity contribution in [2.75, 3.05) is 19.8 Å². The van der Waals surface area contributed by atoms with Crippen molar-refractivity contribution in [1.29, 1.82) is 0 Å². The Kier molecular flexibility index (Phi) is 8.90. The fraction of sp³-hybridized carbons (Fsp3) is 0.846. The number of hydrogen-bond acceptors (Lipinski definition) is 6. The Morgan fingerprint density at radius 1 is 1.08 bits per heavy atom. The number of halogens is 3. The first-order chi connectivity index (χ1) is 11.2. The molecule has 12 heteroatoms. The van der Waals surface area contributed by atoms with E-state index >= 15 is 0 Å². The SMILES string of the molecule is CCOP(=O)(OCC)C(NC(=O)CNC(=O)OC(C)(C)C)C(F)(F)F. The van der Waals surface area contributed by atoms with Crippen molar-refractivity contribution in [3.63, 3.8) is 0 Å². The molecule has 0 aliphatic heterocycles. The molecule has 0 bridgehead atoms. The van der Waals surface area contributed by atoms with E-state index in [4.69, 9.17) is 4.74 Å². The van der Waals surface area contributed by atoms with E-state index in [0.29, 0.717) is 0 Å². The number of alkyl carbamates (subject to hydrolysis) is 1. The van der Waals surface area contributed by atoms with E-state index in [1.807, 2.05) is 5.32 Å². The molecule has 2 amide bonds. The number of carbonyl (C=O) groups excluding carboxylic acids is 2. The smallest absolute Gasteiger partial charge is 0.420 e. The third kappa shape index (κ3) is 9.08. The number of carbonyl (C=O) groups is 2. The summed E-state index contributed by atoms with van der Waals surface area (Å²) >= 11 is 0. The van der Waals surface area contributed by atoms with Crippen LogP contribution in [0.15, 0.2) is 0 Å². The van der Waals surface area contributed by atoms with Crippen LogP contribution in [0.4, 0.5) is 18.0 Å². The second-order valence-corrected chi connectivity index (χ2v) is 7.85. The summed E-state index contributed by atoms with van der Waals surface area (Å²) in [6, 6.07) is 0. The van der Waals surface area contributed by atoms with Crippen LogP contribution in [0.5, 0.6) is 0 Å². The maximum absolute atomic E-state index is 13.2. The van der Waals surface area contributed by atoms with Gasteiger partial charge in [0, 0.05) is 0 Å². The molecule has 0 aromatic rings. The van der Waals surface area contributed by atoms with Crippen LogP contribution in [-0.2, 0) is 23.1 Å². The summed E-state index contributed by atoms with van der Waals surface area (Å²) in [5.74, 6) is -4.08. The van der Waals surface area contributed by atoms with Gasteiger partial charge in [0.15, 0.2) is 0 Å². The highest BCUT2D eigenvalue weighted by molar-refractivity contribution is 7.54. The van der Waals surface area contributed by atoms with Gasteiger partial charge >= 0.3 is 19.9 Å². The van der Waals surface area contributed by atoms with Gasteiger partial charge in [-0.3, -0.25) is 9.36 Å². The van der Waals surface area contributed by atoms with Crippen molar-refractivity contribution in [2.45, 2.75) is 52.2 Å². The number of amides is 2. The van der Waals surface area contributed by atoms with Crippen LogP contribution in [0.25, 0.3) is 0 Å². The molecule has 0 fully saturated rings.